The first-order chi connectivity index (χ1) is 16.4. The molecule has 0 aliphatic heterocycles. The number of hydrogen-bond donors (Lipinski definition) is 2. The fraction of sp³-hybridized carbons (Fsp3) is 0.208. The summed E-state index contributed by atoms with van der Waals surface area (Å²) in [5.74, 6) is 3.42. The molecule has 10 nitrogen and oxygen atoms in total. The van der Waals surface area contributed by atoms with Crippen LogP contribution in [0.15, 0.2) is 35.1 Å². The van der Waals surface area contributed by atoms with Crippen molar-refractivity contribution >= 4 is 44.5 Å². The molecule has 10 heteroatoms. The first-order valence-electron chi connectivity index (χ1n) is 10.8. The largest absolute Gasteiger partial charge is 0.496 e. The molecule has 0 radical (unpaired) electrons. The third-order valence-electron chi connectivity index (χ3n) is 6.07. The van der Waals surface area contributed by atoms with Gasteiger partial charge in [0.15, 0.2) is 5.82 Å². The van der Waals surface area contributed by atoms with Crippen LogP contribution in [0.3, 0.4) is 0 Å². The predicted molar refractivity (Wildman–Crippen MR) is 129 cm³/mol. The molecule has 0 fully saturated rings. The number of methoxy groups -OCH3 is 1. The van der Waals surface area contributed by atoms with Gasteiger partial charge in [-0.3, -0.25) is 9.67 Å². The van der Waals surface area contributed by atoms with Crippen molar-refractivity contribution in [2.75, 3.05) is 12.4 Å². The number of anilines is 2. The van der Waals surface area contributed by atoms with Crippen LogP contribution in [0.2, 0.25) is 0 Å². The van der Waals surface area contributed by atoms with Crippen molar-refractivity contribution in [1.29, 1.82) is 0 Å². The van der Waals surface area contributed by atoms with Crippen LogP contribution in [0.5, 0.6) is 5.75 Å². The van der Waals surface area contributed by atoms with Crippen LogP contribution in [0.25, 0.3) is 44.0 Å². The van der Waals surface area contributed by atoms with Crippen molar-refractivity contribution in [3.05, 3.63) is 47.9 Å². The van der Waals surface area contributed by atoms with Crippen LogP contribution < -0.4 is 10.1 Å². The van der Waals surface area contributed by atoms with Crippen molar-refractivity contribution in [2.45, 2.75) is 20.8 Å². The van der Waals surface area contributed by atoms with Gasteiger partial charge in [-0.2, -0.15) is 5.10 Å². The van der Waals surface area contributed by atoms with Gasteiger partial charge in [0.05, 0.1) is 34.7 Å². The number of aromatic amines is 1. The van der Waals surface area contributed by atoms with Crippen LogP contribution in [-0.4, -0.2) is 42.0 Å². The number of ether oxygens (including phenoxy) is 1. The summed E-state index contributed by atoms with van der Waals surface area (Å²) in [6, 6.07) is 5.97. The van der Waals surface area contributed by atoms with Crippen molar-refractivity contribution in [1.82, 2.24) is 34.9 Å². The molecular weight excluding hydrogens is 432 g/mol. The zero-order chi connectivity index (χ0) is 23.6. The number of aryl methyl sites for hydroxylation is 4. The summed E-state index contributed by atoms with van der Waals surface area (Å²) in [5.41, 5.74) is 5.23. The Labute approximate surface area is 194 Å². The second-order valence-electron chi connectivity index (χ2n) is 8.26. The Morgan fingerprint density at radius 2 is 1.94 bits per heavy atom. The standard InChI is InChI=1S/C24H22N8O2/c1-11-20(12(2)34-31-11)15-8-17-14(9-19(15)33-5)21-23(28-17)26-13(3)27-24(21)29-22-16-10-25-7-6-18(16)32(4)30-22/h6-10H,1-5H3,(H2,26,27,28,29,30). The van der Waals surface area contributed by atoms with E-state index in [1.54, 1.807) is 19.5 Å². The Balaban J connectivity index is 1.59. The van der Waals surface area contributed by atoms with Gasteiger partial charge in [0.1, 0.15) is 28.8 Å². The fourth-order valence-corrected chi connectivity index (χ4v) is 4.57. The molecule has 0 saturated heterocycles. The van der Waals surface area contributed by atoms with Crippen molar-refractivity contribution in [2.24, 2.45) is 7.05 Å². The van der Waals surface area contributed by atoms with Gasteiger partial charge in [0.25, 0.3) is 0 Å². The first-order valence-corrected chi connectivity index (χ1v) is 10.8. The molecule has 0 unspecified atom stereocenters. The van der Waals surface area contributed by atoms with E-state index in [2.05, 4.69) is 30.5 Å². The number of nitrogens with one attached hydrogen (secondary N) is 2. The van der Waals surface area contributed by atoms with Crippen LogP contribution in [-0.2, 0) is 7.05 Å². The number of hydrogen-bond acceptors (Lipinski definition) is 8. The molecule has 0 bridgehead atoms. The van der Waals surface area contributed by atoms with E-state index in [0.29, 0.717) is 23.2 Å². The maximum atomic E-state index is 5.78. The molecule has 2 N–H and O–H groups in total. The molecule has 0 aliphatic rings. The average molecular weight is 454 g/mol. The number of rotatable bonds is 4. The SMILES string of the molecule is COc1cc2c(cc1-c1c(C)noc1C)[nH]c1nc(C)nc(Nc3nn(C)c4ccncc34)c12. The molecule has 170 valence electrons. The third-order valence-corrected chi connectivity index (χ3v) is 6.07. The average Bonchev–Trinajstić information content (AvgIpc) is 3.45. The molecule has 0 saturated carbocycles. The smallest absolute Gasteiger partial charge is 0.163 e. The molecule has 6 rings (SSSR count). The van der Waals surface area contributed by atoms with E-state index in [-0.39, 0.29) is 0 Å². The molecular formula is C24H22N8O2. The van der Waals surface area contributed by atoms with E-state index >= 15 is 0 Å². The molecule has 6 aromatic rings. The van der Waals surface area contributed by atoms with Crippen molar-refractivity contribution in [3.63, 3.8) is 0 Å². The zero-order valence-electron chi connectivity index (χ0n) is 19.4. The van der Waals surface area contributed by atoms with E-state index in [9.17, 15) is 0 Å². The number of nitrogens with zero attached hydrogens (tertiary/aromatic N) is 6. The summed E-state index contributed by atoms with van der Waals surface area (Å²) in [7, 11) is 3.56. The van der Waals surface area contributed by atoms with Gasteiger partial charge >= 0.3 is 0 Å². The zero-order valence-corrected chi connectivity index (χ0v) is 19.4. The lowest BCUT2D eigenvalue weighted by atomic mass is 10.0. The fourth-order valence-electron chi connectivity index (χ4n) is 4.57. The topological polar surface area (TPSA) is 120 Å². The summed E-state index contributed by atoms with van der Waals surface area (Å²) in [6.45, 7) is 5.68. The highest BCUT2D eigenvalue weighted by Crippen LogP contribution is 2.41. The molecule has 0 atom stereocenters. The van der Waals surface area contributed by atoms with Crippen molar-refractivity contribution in [3.8, 4) is 16.9 Å². The molecule has 5 heterocycles. The van der Waals surface area contributed by atoms with Gasteiger partial charge in [0, 0.05) is 35.9 Å². The summed E-state index contributed by atoms with van der Waals surface area (Å²) >= 11 is 0. The van der Waals surface area contributed by atoms with Gasteiger partial charge in [-0.15, -0.1) is 0 Å². The lowest BCUT2D eigenvalue weighted by Crippen LogP contribution is -2.00. The quantitative estimate of drug-likeness (QED) is 0.392. The molecule has 1 aromatic carbocycles. The van der Waals surface area contributed by atoms with Gasteiger partial charge in [0.2, 0.25) is 0 Å². The maximum Gasteiger partial charge on any atom is 0.163 e. The van der Waals surface area contributed by atoms with Gasteiger partial charge in [-0.25, -0.2) is 9.97 Å². The molecule has 5 aromatic heterocycles. The normalized spacial score (nSPS) is 11.7. The Morgan fingerprint density at radius 3 is 2.71 bits per heavy atom. The number of aromatic nitrogens is 7. The van der Waals surface area contributed by atoms with Gasteiger partial charge < -0.3 is 19.6 Å². The molecule has 0 amide bonds. The van der Waals surface area contributed by atoms with Crippen LogP contribution in [0.1, 0.15) is 17.3 Å². The number of fused-ring (bicyclic) bond motifs is 4. The highest BCUT2D eigenvalue weighted by Gasteiger charge is 2.21. The minimum Gasteiger partial charge on any atom is -0.496 e. The summed E-state index contributed by atoms with van der Waals surface area (Å²) in [4.78, 5) is 17.1. The van der Waals surface area contributed by atoms with Gasteiger partial charge in [-0.1, -0.05) is 5.16 Å². The Kier molecular flexibility index (Phi) is 4.31. The number of benzene rings is 1. The van der Waals surface area contributed by atoms with Crippen LogP contribution in [0, 0.1) is 20.8 Å². The summed E-state index contributed by atoms with van der Waals surface area (Å²) in [6.07, 6.45) is 3.55. The summed E-state index contributed by atoms with van der Waals surface area (Å²) < 4.78 is 13.0. The minimum atomic E-state index is 0.637. The first kappa shape index (κ1) is 20.2. The second kappa shape index (κ2) is 7.27. The lowest BCUT2D eigenvalue weighted by Gasteiger charge is -2.10. The maximum absolute atomic E-state index is 5.78. The Morgan fingerprint density at radius 1 is 1.09 bits per heavy atom. The minimum absolute atomic E-state index is 0.637. The van der Waals surface area contributed by atoms with E-state index < -0.39 is 0 Å². The van der Waals surface area contributed by atoms with Gasteiger partial charge in [-0.05, 0) is 39.0 Å². The molecule has 0 aliphatic carbocycles. The Bertz CT molecular complexity index is 1710. The van der Waals surface area contributed by atoms with E-state index in [1.165, 1.54) is 0 Å². The van der Waals surface area contributed by atoms with E-state index in [1.807, 2.05) is 50.7 Å². The Hall–Kier alpha value is -4.47. The second-order valence-corrected chi connectivity index (χ2v) is 8.26. The lowest BCUT2D eigenvalue weighted by molar-refractivity contribution is 0.393. The van der Waals surface area contributed by atoms with Crippen LogP contribution in [0.4, 0.5) is 11.6 Å². The van der Waals surface area contributed by atoms with Crippen molar-refractivity contribution < 1.29 is 9.26 Å². The summed E-state index contributed by atoms with van der Waals surface area (Å²) in [5, 5.41) is 14.9. The third kappa shape index (κ3) is 2.92. The monoisotopic (exact) mass is 454 g/mol. The number of H-pyrrole nitrogens is 1. The van der Waals surface area contributed by atoms with E-state index in [0.717, 1.165) is 55.4 Å². The predicted octanol–water partition coefficient (Wildman–Crippen LogP) is 4.73. The van der Waals surface area contributed by atoms with E-state index in [4.69, 9.17) is 14.2 Å². The molecule has 0 spiro atoms. The highest BCUT2D eigenvalue weighted by molar-refractivity contribution is 6.13. The highest BCUT2D eigenvalue weighted by atomic mass is 16.5. The van der Waals surface area contributed by atoms with Crippen LogP contribution >= 0.6 is 0 Å². The number of pyridine rings is 1. The molecule has 34 heavy (non-hydrogen) atoms.